The minimum atomic E-state index is -0.639. The van der Waals surface area contributed by atoms with Crippen LogP contribution in [0.4, 0.5) is 6.01 Å². The molecule has 126 valence electrons. The van der Waals surface area contributed by atoms with Crippen molar-refractivity contribution in [1.82, 2.24) is 4.98 Å². The molecule has 24 heavy (non-hydrogen) atoms. The van der Waals surface area contributed by atoms with Crippen LogP contribution in [0.5, 0.6) is 0 Å². The molecule has 0 aliphatic heterocycles. The number of halogens is 1. The van der Waals surface area contributed by atoms with E-state index < -0.39 is 11.9 Å². The first-order valence-electron chi connectivity index (χ1n) is 7.21. The van der Waals surface area contributed by atoms with Crippen molar-refractivity contribution in [2.45, 2.75) is 19.8 Å². The fourth-order valence-electron chi connectivity index (χ4n) is 1.82. The molecular weight excluding hydrogens is 336 g/mol. The van der Waals surface area contributed by atoms with Crippen molar-refractivity contribution in [2.24, 2.45) is 0 Å². The lowest BCUT2D eigenvalue weighted by Crippen LogP contribution is -2.14. The van der Waals surface area contributed by atoms with Gasteiger partial charge >= 0.3 is 12.0 Å². The second-order valence-electron chi connectivity index (χ2n) is 4.74. The highest BCUT2D eigenvalue weighted by Gasteiger charge is 2.15. The van der Waals surface area contributed by atoms with E-state index in [4.69, 9.17) is 20.8 Å². The highest BCUT2D eigenvalue weighted by atomic mass is 35.5. The van der Waals surface area contributed by atoms with Crippen molar-refractivity contribution in [1.29, 1.82) is 0 Å². The molecule has 0 radical (unpaired) electrons. The maximum Gasteiger partial charge on any atom is 0.360 e. The van der Waals surface area contributed by atoms with Crippen molar-refractivity contribution < 1.29 is 23.5 Å². The van der Waals surface area contributed by atoms with Crippen molar-refractivity contribution in [3.8, 4) is 0 Å². The van der Waals surface area contributed by atoms with Crippen LogP contribution >= 0.6 is 11.6 Å². The number of nitrogens with one attached hydrogen (secondary N) is 1. The van der Waals surface area contributed by atoms with E-state index in [9.17, 15) is 14.4 Å². The molecule has 0 atom stereocenters. The number of oxazole rings is 1. The van der Waals surface area contributed by atoms with Crippen LogP contribution in [0.15, 0.2) is 34.9 Å². The number of carbonyl (C=O) groups excluding carboxylic acids is 3. The van der Waals surface area contributed by atoms with Gasteiger partial charge in [0, 0.05) is 23.4 Å². The van der Waals surface area contributed by atoms with Gasteiger partial charge in [0.05, 0.1) is 6.61 Å². The molecule has 0 bridgehead atoms. The highest BCUT2D eigenvalue weighted by Crippen LogP contribution is 2.13. The molecular formula is C16H15ClN2O5. The first-order valence-corrected chi connectivity index (χ1v) is 7.58. The topological polar surface area (TPSA) is 98.5 Å². The standard InChI is InChI=1S/C16H15ClN2O5/c1-2-23-15(22)12-9-24-16(18-12)19-14(21)8-7-13(20)10-3-5-11(17)6-4-10/h3-6,9H,2,7-8H2,1H3,(H,18,19,21). The van der Waals surface area contributed by atoms with Crippen LogP contribution in [0.3, 0.4) is 0 Å². The molecule has 0 aliphatic carbocycles. The number of anilines is 1. The third-order valence-corrected chi connectivity index (χ3v) is 3.23. The van der Waals surface area contributed by atoms with E-state index in [0.29, 0.717) is 10.6 Å². The molecule has 1 aromatic carbocycles. The largest absolute Gasteiger partial charge is 0.461 e. The van der Waals surface area contributed by atoms with Gasteiger partial charge < -0.3 is 9.15 Å². The Morgan fingerprint density at radius 1 is 1.21 bits per heavy atom. The van der Waals surface area contributed by atoms with Gasteiger partial charge in [-0.1, -0.05) is 11.6 Å². The molecule has 2 aromatic rings. The molecule has 1 aromatic heterocycles. The Morgan fingerprint density at radius 3 is 2.58 bits per heavy atom. The Bertz CT molecular complexity index is 739. The number of Topliss-reactive ketones (excluding diaryl/α,β-unsaturated/α-hetero) is 1. The summed E-state index contributed by atoms with van der Waals surface area (Å²) in [5.74, 6) is -1.27. The Labute approximate surface area is 143 Å². The first-order chi connectivity index (χ1) is 11.5. The summed E-state index contributed by atoms with van der Waals surface area (Å²) in [5.41, 5.74) is 0.442. The van der Waals surface area contributed by atoms with Crippen LogP contribution in [0.25, 0.3) is 0 Å². The quantitative estimate of drug-likeness (QED) is 0.608. The molecule has 2 rings (SSSR count). The molecule has 0 fully saturated rings. The average Bonchev–Trinajstić information content (AvgIpc) is 3.02. The Kier molecular flexibility index (Phi) is 6.08. The SMILES string of the molecule is CCOC(=O)c1coc(NC(=O)CCC(=O)c2ccc(Cl)cc2)n1. The van der Waals surface area contributed by atoms with Crippen LogP contribution in [0.2, 0.25) is 5.02 Å². The van der Waals surface area contributed by atoms with Gasteiger partial charge in [-0.05, 0) is 31.2 Å². The molecule has 0 aliphatic rings. The van der Waals surface area contributed by atoms with Gasteiger partial charge in [-0.2, -0.15) is 4.98 Å². The number of nitrogens with zero attached hydrogens (tertiary/aromatic N) is 1. The summed E-state index contributed by atoms with van der Waals surface area (Å²) in [7, 11) is 0. The lowest BCUT2D eigenvalue weighted by atomic mass is 10.1. The van der Waals surface area contributed by atoms with E-state index in [1.165, 1.54) is 0 Å². The van der Waals surface area contributed by atoms with E-state index in [-0.39, 0.29) is 36.9 Å². The monoisotopic (exact) mass is 350 g/mol. The normalized spacial score (nSPS) is 10.2. The molecule has 7 nitrogen and oxygen atoms in total. The van der Waals surface area contributed by atoms with E-state index in [1.807, 2.05) is 0 Å². The molecule has 0 unspecified atom stereocenters. The lowest BCUT2D eigenvalue weighted by molar-refractivity contribution is -0.116. The second kappa shape index (κ2) is 8.26. The van der Waals surface area contributed by atoms with Crippen LogP contribution in [-0.2, 0) is 9.53 Å². The Hall–Kier alpha value is -2.67. The molecule has 0 saturated carbocycles. The summed E-state index contributed by atoms with van der Waals surface area (Å²) in [6, 6.07) is 6.30. The van der Waals surface area contributed by atoms with Gasteiger partial charge in [-0.15, -0.1) is 0 Å². The van der Waals surface area contributed by atoms with E-state index >= 15 is 0 Å². The van der Waals surface area contributed by atoms with Gasteiger partial charge in [0.1, 0.15) is 6.26 Å². The maximum absolute atomic E-state index is 12.0. The molecule has 1 amide bonds. The fourth-order valence-corrected chi connectivity index (χ4v) is 1.94. The highest BCUT2D eigenvalue weighted by molar-refractivity contribution is 6.30. The van der Waals surface area contributed by atoms with Crippen LogP contribution in [0, 0.1) is 0 Å². The average molecular weight is 351 g/mol. The summed E-state index contributed by atoms with van der Waals surface area (Å²) in [6.07, 6.45) is 1.07. The number of hydrogen-bond acceptors (Lipinski definition) is 6. The third kappa shape index (κ3) is 4.92. The lowest BCUT2D eigenvalue weighted by Gasteiger charge is -2.02. The van der Waals surface area contributed by atoms with Crippen molar-refractivity contribution in [3.05, 3.63) is 46.8 Å². The number of benzene rings is 1. The number of rotatable bonds is 7. The number of ketones is 1. The number of carbonyl (C=O) groups is 3. The zero-order chi connectivity index (χ0) is 17.5. The zero-order valence-corrected chi connectivity index (χ0v) is 13.6. The Morgan fingerprint density at radius 2 is 1.92 bits per heavy atom. The predicted molar refractivity (Wildman–Crippen MR) is 86.1 cm³/mol. The van der Waals surface area contributed by atoms with E-state index in [1.54, 1.807) is 31.2 Å². The first kappa shape index (κ1) is 17.7. The number of amides is 1. The van der Waals surface area contributed by atoms with Crippen molar-refractivity contribution in [3.63, 3.8) is 0 Å². The third-order valence-electron chi connectivity index (χ3n) is 2.98. The second-order valence-corrected chi connectivity index (χ2v) is 5.17. The van der Waals surface area contributed by atoms with Gasteiger partial charge in [-0.25, -0.2) is 4.79 Å². The minimum Gasteiger partial charge on any atom is -0.461 e. The van der Waals surface area contributed by atoms with E-state index in [0.717, 1.165) is 6.26 Å². The summed E-state index contributed by atoms with van der Waals surface area (Å²) in [6.45, 7) is 1.87. The predicted octanol–water partition coefficient (Wildman–Crippen LogP) is 3.11. The van der Waals surface area contributed by atoms with Crippen LogP contribution in [0.1, 0.15) is 40.6 Å². The molecule has 0 saturated heterocycles. The van der Waals surface area contributed by atoms with E-state index in [2.05, 4.69) is 10.3 Å². The van der Waals surface area contributed by atoms with Crippen molar-refractivity contribution in [2.75, 3.05) is 11.9 Å². The Balaban J connectivity index is 1.84. The fraction of sp³-hybridized carbons (Fsp3) is 0.250. The van der Waals surface area contributed by atoms with Gasteiger partial charge in [0.15, 0.2) is 11.5 Å². The smallest absolute Gasteiger partial charge is 0.360 e. The zero-order valence-electron chi connectivity index (χ0n) is 12.9. The summed E-state index contributed by atoms with van der Waals surface area (Å²) < 4.78 is 9.72. The van der Waals surface area contributed by atoms with Gasteiger partial charge in [0.2, 0.25) is 5.91 Å². The molecule has 1 heterocycles. The van der Waals surface area contributed by atoms with Crippen molar-refractivity contribution >= 4 is 35.3 Å². The van der Waals surface area contributed by atoms with Crippen LogP contribution in [-0.4, -0.2) is 29.3 Å². The molecule has 1 N–H and O–H groups in total. The number of hydrogen-bond donors (Lipinski definition) is 1. The number of aromatic nitrogens is 1. The molecule has 8 heteroatoms. The maximum atomic E-state index is 12.0. The number of esters is 1. The summed E-state index contributed by atoms with van der Waals surface area (Å²) in [5, 5.41) is 2.91. The minimum absolute atomic E-state index is 0.0267. The van der Waals surface area contributed by atoms with Gasteiger partial charge in [-0.3, -0.25) is 14.9 Å². The van der Waals surface area contributed by atoms with Gasteiger partial charge in [0.25, 0.3) is 0 Å². The van der Waals surface area contributed by atoms with Crippen LogP contribution < -0.4 is 5.32 Å². The summed E-state index contributed by atoms with van der Waals surface area (Å²) >= 11 is 5.75. The summed E-state index contributed by atoms with van der Waals surface area (Å²) in [4.78, 5) is 39.0. The molecule has 0 spiro atoms. The number of ether oxygens (including phenoxy) is 1.